The molecular weight excluding hydrogens is 565 g/mol. The summed E-state index contributed by atoms with van der Waals surface area (Å²) >= 11 is -5.14. The van der Waals surface area contributed by atoms with Gasteiger partial charge in [-0.3, -0.25) is 0 Å². The second-order valence-corrected chi connectivity index (χ2v) is 12.4. The van der Waals surface area contributed by atoms with E-state index in [-0.39, 0.29) is 28.1 Å². The molecule has 11 heteroatoms. The van der Waals surface area contributed by atoms with Gasteiger partial charge in [-0.15, -0.1) is 0 Å². The normalized spacial score (nSPS) is 12.4. The first-order valence-electron chi connectivity index (χ1n) is 12.0. The SMILES string of the molecule is CC(=O)NO[As](=O)(OO)c1cccc(-n2c(-c3ccccc3)ccc(NC(=O)CCc3ccccc3)c2=O)c1. The van der Waals surface area contributed by atoms with Crippen molar-refractivity contribution in [3.8, 4) is 16.9 Å². The third kappa shape index (κ3) is 6.81. The summed E-state index contributed by atoms with van der Waals surface area (Å²) in [7, 11) is 0. The molecule has 0 aliphatic rings. The Morgan fingerprint density at radius 2 is 1.62 bits per heavy atom. The summed E-state index contributed by atoms with van der Waals surface area (Å²) in [5.74, 6) is -0.975. The number of hydrogen-bond acceptors (Lipinski definition) is 7. The molecule has 4 aromatic rings. The number of nitrogens with one attached hydrogen (secondary N) is 2. The van der Waals surface area contributed by atoms with E-state index in [9.17, 15) is 23.4 Å². The van der Waals surface area contributed by atoms with Crippen molar-refractivity contribution in [1.82, 2.24) is 10.0 Å². The van der Waals surface area contributed by atoms with Crippen LogP contribution in [0.5, 0.6) is 0 Å². The Morgan fingerprint density at radius 3 is 2.28 bits per heavy atom. The third-order valence-corrected chi connectivity index (χ3v) is 8.79. The molecule has 1 unspecified atom stereocenters. The molecule has 2 amide bonds. The number of aryl methyl sites for hydroxylation is 1. The van der Waals surface area contributed by atoms with Crippen molar-refractivity contribution < 1.29 is 26.3 Å². The molecule has 0 fully saturated rings. The molecular formula is C28H26AsN3O7. The molecule has 4 rings (SSSR count). The Hall–Kier alpha value is -4.21. The van der Waals surface area contributed by atoms with E-state index in [0.717, 1.165) is 12.5 Å². The van der Waals surface area contributed by atoms with Crippen LogP contribution in [0.25, 0.3) is 16.9 Å². The summed E-state index contributed by atoms with van der Waals surface area (Å²) in [6.45, 7) is 1.14. The zero-order valence-electron chi connectivity index (χ0n) is 20.9. The number of aromatic nitrogens is 1. The van der Waals surface area contributed by atoms with Gasteiger partial charge in [0.25, 0.3) is 0 Å². The van der Waals surface area contributed by atoms with Gasteiger partial charge in [0.15, 0.2) is 0 Å². The van der Waals surface area contributed by atoms with E-state index in [2.05, 4.69) is 9.19 Å². The Balaban J connectivity index is 1.73. The summed E-state index contributed by atoms with van der Waals surface area (Å²) in [5, 5.41) is 12.0. The quantitative estimate of drug-likeness (QED) is 0.146. The summed E-state index contributed by atoms with van der Waals surface area (Å²) in [5.41, 5.74) is 3.92. The minimum absolute atomic E-state index is 0.0552. The van der Waals surface area contributed by atoms with Crippen LogP contribution in [0.15, 0.2) is 102 Å². The van der Waals surface area contributed by atoms with Crippen molar-refractivity contribution in [2.24, 2.45) is 0 Å². The summed E-state index contributed by atoms with van der Waals surface area (Å²) in [6.07, 6.45) is 0.692. The molecule has 3 aromatic carbocycles. The number of rotatable bonds is 10. The van der Waals surface area contributed by atoms with E-state index < -0.39 is 25.6 Å². The number of carbonyl (C=O) groups excluding carboxylic acids is 2. The Kier molecular flexibility index (Phi) is 8.95. The zero-order chi connectivity index (χ0) is 27.8. The average Bonchev–Trinajstić information content (AvgIpc) is 2.97. The maximum absolute atomic E-state index is 13.7. The maximum atomic E-state index is 13.7. The van der Waals surface area contributed by atoms with Crippen LogP contribution in [0.2, 0.25) is 0 Å². The van der Waals surface area contributed by atoms with Crippen LogP contribution in [-0.2, 0) is 27.5 Å². The van der Waals surface area contributed by atoms with Crippen LogP contribution in [0, 0.1) is 0 Å². The molecule has 200 valence electrons. The summed E-state index contributed by atoms with van der Waals surface area (Å²) in [4.78, 5) is 37.7. The fourth-order valence-electron chi connectivity index (χ4n) is 3.88. The van der Waals surface area contributed by atoms with Gasteiger partial charge in [0.05, 0.1) is 0 Å². The van der Waals surface area contributed by atoms with Crippen LogP contribution in [0.4, 0.5) is 5.69 Å². The average molecular weight is 591 g/mol. The van der Waals surface area contributed by atoms with Crippen molar-refractivity contribution in [2.45, 2.75) is 19.8 Å². The molecule has 0 aliphatic heterocycles. The number of benzene rings is 3. The standard InChI is InChI=1S/C28H26AsN3O7/c1-20(33)31-38-29(36,39-37)23-13-8-14-24(19-23)32-26(22-11-6-3-7-12-22)17-16-25(28(32)35)30-27(34)18-15-21-9-4-2-5-10-21/h2-14,16-17,19,37H,15,18H2,1H3,(H,30,34)(H,31,33). The number of hydroxylamine groups is 1. The third-order valence-electron chi connectivity index (χ3n) is 5.73. The minimum atomic E-state index is -5.14. The Labute approximate surface area is 227 Å². The predicted molar refractivity (Wildman–Crippen MR) is 146 cm³/mol. The summed E-state index contributed by atoms with van der Waals surface area (Å²) in [6, 6.07) is 27.7. The van der Waals surface area contributed by atoms with E-state index in [1.54, 1.807) is 12.1 Å². The van der Waals surface area contributed by atoms with Crippen molar-refractivity contribution in [3.63, 3.8) is 0 Å². The van der Waals surface area contributed by atoms with E-state index in [1.165, 1.54) is 28.8 Å². The van der Waals surface area contributed by atoms with Gasteiger partial charge < -0.3 is 0 Å². The van der Waals surface area contributed by atoms with E-state index >= 15 is 0 Å². The van der Waals surface area contributed by atoms with Gasteiger partial charge in [0.1, 0.15) is 0 Å². The molecule has 3 N–H and O–H groups in total. The molecule has 1 aromatic heterocycles. The van der Waals surface area contributed by atoms with Gasteiger partial charge in [-0.2, -0.15) is 0 Å². The van der Waals surface area contributed by atoms with Gasteiger partial charge >= 0.3 is 209 Å². The van der Waals surface area contributed by atoms with Crippen molar-refractivity contribution in [3.05, 3.63) is 113 Å². The van der Waals surface area contributed by atoms with Crippen LogP contribution < -0.4 is 20.7 Å². The predicted octanol–water partition coefficient (Wildman–Crippen LogP) is 3.21. The molecule has 39 heavy (non-hydrogen) atoms. The first kappa shape index (κ1) is 27.8. The zero-order valence-corrected chi connectivity index (χ0v) is 22.8. The summed E-state index contributed by atoms with van der Waals surface area (Å²) < 4.78 is 23.5. The van der Waals surface area contributed by atoms with E-state index in [4.69, 9.17) is 3.83 Å². The molecule has 1 atom stereocenters. The number of anilines is 1. The molecule has 0 spiro atoms. The Morgan fingerprint density at radius 1 is 0.923 bits per heavy atom. The second-order valence-electron chi connectivity index (χ2n) is 8.52. The second kappa shape index (κ2) is 12.6. The van der Waals surface area contributed by atoms with Crippen LogP contribution in [0.3, 0.4) is 0 Å². The van der Waals surface area contributed by atoms with Gasteiger partial charge in [0, 0.05) is 0 Å². The number of amides is 2. The molecule has 0 aliphatic carbocycles. The van der Waals surface area contributed by atoms with Crippen LogP contribution >= 0.6 is 0 Å². The molecule has 10 nitrogen and oxygen atoms in total. The van der Waals surface area contributed by atoms with Crippen LogP contribution in [0.1, 0.15) is 18.9 Å². The van der Waals surface area contributed by atoms with Gasteiger partial charge in [-0.1, -0.05) is 18.2 Å². The fourth-order valence-corrected chi connectivity index (χ4v) is 6.07. The first-order valence-corrected chi connectivity index (χ1v) is 15.2. The van der Waals surface area contributed by atoms with Crippen molar-refractivity contribution in [1.29, 1.82) is 0 Å². The van der Waals surface area contributed by atoms with E-state index in [1.807, 2.05) is 66.1 Å². The number of carbonyl (C=O) groups is 2. The number of nitrogens with zero attached hydrogens (tertiary/aromatic N) is 1. The first-order chi connectivity index (χ1) is 18.8. The Bertz CT molecular complexity index is 1570. The monoisotopic (exact) mass is 591 g/mol. The molecule has 0 saturated heterocycles. The van der Waals surface area contributed by atoms with Crippen LogP contribution in [-0.4, -0.2) is 35.8 Å². The van der Waals surface area contributed by atoms with Crippen molar-refractivity contribution >= 4 is 36.0 Å². The molecule has 0 saturated carbocycles. The fraction of sp³-hybridized carbons (Fsp3) is 0.107. The van der Waals surface area contributed by atoms with Gasteiger partial charge in [0.2, 0.25) is 0 Å². The molecule has 0 bridgehead atoms. The molecule has 0 radical (unpaired) electrons. The van der Waals surface area contributed by atoms with E-state index in [0.29, 0.717) is 17.7 Å². The van der Waals surface area contributed by atoms with Gasteiger partial charge in [-0.25, -0.2) is 0 Å². The number of pyridine rings is 1. The van der Waals surface area contributed by atoms with Gasteiger partial charge in [-0.05, 0) is 0 Å². The molecule has 1 heterocycles. The topological polar surface area (TPSA) is 136 Å². The van der Waals surface area contributed by atoms with Crippen molar-refractivity contribution in [2.75, 3.05) is 5.32 Å². The number of hydrogen-bond donors (Lipinski definition) is 3.